The van der Waals surface area contributed by atoms with Crippen molar-refractivity contribution in [2.75, 3.05) is 11.1 Å². The molecule has 0 aliphatic heterocycles. The van der Waals surface area contributed by atoms with Crippen molar-refractivity contribution >= 4 is 17.3 Å². The van der Waals surface area contributed by atoms with Gasteiger partial charge in [0, 0.05) is 12.4 Å². The quantitative estimate of drug-likeness (QED) is 0.455. The van der Waals surface area contributed by atoms with E-state index in [1.807, 2.05) is 66.7 Å². The smallest absolute Gasteiger partial charge is 0.257 e. The zero-order chi connectivity index (χ0) is 20.1. The topological polar surface area (TPSA) is 77.2 Å². The Morgan fingerprint density at radius 1 is 0.828 bits per heavy atom. The molecule has 4 rings (SSSR count). The highest BCUT2D eigenvalue weighted by Crippen LogP contribution is 2.30. The Kier molecular flexibility index (Phi) is 5.21. The van der Waals surface area contributed by atoms with Gasteiger partial charge in [-0.25, -0.2) is 0 Å². The van der Waals surface area contributed by atoms with Gasteiger partial charge in [-0.2, -0.15) is 0 Å². The highest BCUT2D eigenvalue weighted by molar-refractivity contribution is 6.05. The van der Waals surface area contributed by atoms with Crippen LogP contribution in [0.4, 0.5) is 11.4 Å². The molecule has 0 radical (unpaired) electrons. The fraction of sp³-hybridized carbons (Fsp3) is 0. The van der Waals surface area contributed by atoms with Crippen LogP contribution >= 0.6 is 0 Å². The van der Waals surface area contributed by atoms with Crippen molar-refractivity contribution in [2.24, 2.45) is 0 Å². The van der Waals surface area contributed by atoms with Crippen LogP contribution in [0, 0.1) is 0 Å². The van der Waals surface area contributed by atoms with Crippen molar-refractivity contribution in [2.45, 2.75) is 0 Å². The van der Waals surface area contributed by atoms with Crippen molar-refractivity contribution in [3.63, 3.8) is 0 Å². The molecule has 0 aliphatic rings. The standard InChI is InChI=1S/C24H19N3O2/c25-22-13-10-18(15-23(22)27-24(28)19-5-4-14-26-16-19)17-8-11-21(12-9-17)29-20-6-2-1-3-7-20/h1-16H,25H2,(H,27,28). The molecule has 5 nitrogen and oxygen atoms in total. The summed E-state index contributed by atoms with van der Waals surface area (Å²) in [4.78, 5) is 16.4. The number of pyridine rings is 1. The molecule has 0 aliphatic carbocycles. The van der Waals surface area contributed by atoms with E-state index in [0.29, 0.717) is 16.9 Å². The number of nitrogens with two attached hydrogens (primary N) is 1. The van der Waals surface area contributed by atoms with Gasteiger partial charge in [-0.15, -0.1) is 0 Å². The van der Waals surface area contributed by atoms with E-state index in [9.17, 15) is 4.79 Å². The molecule has 0 unspecified atom stereocenters. The summed E-state index contributed by atoms with van der Waals surface area (Å²) in [6.07, 6.45) is 3.14. The number of hydrogen-bond acceptors (Lipinski definition) is 4. The molecule has 142 valence electrons. The SMILES string of the molecule is Nc1ccc(-c2ccc(Oc3ccccc3)cc2)cc1NC(=O)c1cccnc1. The van der Waals surface area contributed by atoms with Crippen LogP contribution < -0.4 is 15.8 Å². The first kappa shape index (κ1) is 18.3. The molecule has 0 fully saturated rings. The van der Waals surface area contributed by atoms with Gasteiger partial charge in [0.25, 0.3) is 5.91 Å². The summed E-state index contributed by atoms with van der Waals surface area (Å²) in [5, 5.41) is 2.85. The Bertz CT molecular complexity index is 1110. The lowest BCUT2D eigenvalue weighted by Gasteiger charge is -2.11. The summed E-state index contributed by atoms with van der Waals surface area (Å²) in [5.41, 5.74) is 9.50. The number of benzene rings is 3. The monoisotopic (exact) mass is 381 g/mol. The summed E-state index contributed by atoms with van der Waals surface area (Å²) >= 11 is 0. The number of para-hydroxylation sites is 1. The first-order valence-corrected chi connectivity index (χ1v) is 9.13. The number of amides is 1. The molecule has 3 aromatic carbocycles. The number of nitrogens with zero attached hydrogens (tertiary/aromatic N) is 1. The van der Waals surface area contributed by atoms with Crippen LogP contribution in [0.5, 0.6) is 11.5 Å². The molecule has 29 heavy (non-hydrogen) atoms. The number of carbonyl (C=O) groups excluding carboxylic acids is 1. The van der Waals surface area contributed by atoms with E-state index < -0.39 is 0 Å². The van der Waals surface area contributed by atoms with E-state index >= 15 is 0 Å². The highest BCUT2D eigenvalue weighted by atomic mass is 16.5. The third-order valence-electron chi connectivity index (χ3n) is 4.39. The predicted molar refractivity (Wildman–Crippen MR) is 115 cm³/mol. The van der Waals surface area contributed by atoms with E-state index in [4.69, 9.17) is 10.5 Å². The lowest BCUT2D eigenvalue weighted by molar-refractivity contribution is 0.102. The van der Waals surface area contributed by atoms with Gasteiger partial charge in [0.2, 0.25) is 0 Å². The van der Waals surface area contributed by atoms with Gasteiger partial charge < -0.3 is 15.8 Å². The fourth-order valence-electron chi connectivity index (χ4n) is 2.88. The second-order valence-electron chi connectivity index (χ2n) is 6.44. The number of hydrogen-bond donors (Lipinski definition) is 2. The largest absolute Gasteiger partial charge is 0.457 e. The average Bonchev–Trinajstić information content (AvgIpc) is 2.77. The van der Waals surface area contributed by atoms with Crippen LogP contribution in [-0.2, 0) is 0 Å². The van der Waals surface area contributed by atoms with Crippen LogP contribution in [-0.4, -0.2) is 10.9 Å². The van der Waals surface area contributed by atoms with Gasteiger partial charge in [-0.1, -0.05) is 36.4 Å². The maximum atomic E-state index is 12.4. The maximum absolute atomic E-state index is 12.4. The van der Waals surface area contributed by atoms with Gasteiger partial charge in [0.05, 0.1) is 16.9 Å². The minimum absolute atomic E-state index is 0.256. The Balaban J connectivity index is 1.53. The van der Waals surface area contributed by atoms with E-state index in [1.54, 1.807) is 24.4 Å². The number of anilines is 2. The number of nitrogen functional groups attached to an aromatic ring is 1. The number of ether oxygens (including phenoxy) is 1. The summed E-state index contributed by atoms with van der Waals surface area (Å²) in [5.74, 6) is 1.28. The predicted octanol–water partition coefficient (Wildman–Crippen LogP) is 5.38. The van der Waals surface area contributed by atoms with Crippen molar-refractivity contribution in [3.05, 3.63) is 103 Å². The third kappa shape index (κ3) is 4.42. The average molecular weight is 381 g/mol. The van der Waals surface area contributed by atoms with E-state index in [2.05, 4.69) is 10.3 Å². The van der Waals surface area contributed by atoms with Gasteiger partial charge in [0.1, 0.15) is 11.5 Å². The van der Waals surface area contributed by atoms with Gasteiger partial charge in [-0.3, -0.25) is 9.78 Å². The Morgan fingerprint density at radius 2 is 1.55 bits per heavy atom. The summed E-state index contributed by atoms with van der Waals surface area (Å²) in [6, 6.07) is 26.4. The molecule has 0 atom stereocenters. The highest BCUT2D eigenvalue weighted by Gasteiger charge is 2.10. The second kappa shape index (κ2) is 8.27. The molecule has 3 N–H and O–H groups in total. The zero-order valence-electron chi connectivity index (χ0n) is 15.6. The molecule has 0 saturated carbocycles. The third-order valence-corrected chi connectivity index (χ3v) is 4.39. The van der Waals surface area contributed by atoms with E-state index in [-0.39, 0.29) is 5.91 Å². The Labute approximate surface area is 168 Å². The maximum Gasteiger partial charge on any atom is 0.257 e. The summed E-state index contributed by atoms with van der Waals surface area (Å²) < 4.78 is 5.83. The summed E-state index contributed by atoms with van der Waals surface area (Å²) in [7, 11) is 0. The number of carbonyl (C=O) groups is 1. The van der Waals surface area contributed by atoms with Gasteiger partial charge in [0.15, 0.2) is 0 Å². The molecule has 1 aromatic heterocycles. The Morgan fingerprint density at radius 3 is 2.28 bits per heavy atom. The van der Waals surface area contributed by atoms with Crippen LogP contribution in [0.2, 0.25) is 0 Å². The normalized spacial score (nSPS) is 10.3. The van der Waals surface area contributed by atoms with E-state index in [0.717, 1.165) is 22.6 Å². The van der Waals surface area contributed by atoms with Crippen molar-refractivity contribution in [1.29, 1.82) is 0 Å². The first-order chi connectivity index (χ1) is 14.2. The second-order valence-corrected chi connectivity index (χ2v) is 6.44. The molecular formula is C24H19N3O2. The molecule has 1 heterocycles. The lowest BCUT2D eigenvalue weighted by Crippen LogP contribution is -2.13. The van der Waals surface area contributed by atoms with Crippen LogP contribution in [0.3, 0.4) is 0 Å². The summed E-state index contributed by atoms with van der Waals surface area (Å²) in [6.45, 7) is 0. The zero-order valence-corrected chi connectivity index (χ0v) is 15.6. The number of nitrogens with one attached hydrogen (secondary N) is 1. The van der Waals surface area contributed by atoms with Crippen molar-refractivity contribution in [1.82, 2.24) is 4.98 Å². The van der Waals surface area contributed by atoms with Crippen LogP contribution in [0.25, 0.3) is 11.1 Å². The van der Waals surface area contributed by atoms with Crippen molar-refractivity contribution in [3.8, 4) is 22.6 Å². The lowest BCUT2D eigenvalue weighted by atomic mass is 10.0. The molecule has 0 saturated heterocycles. The molecule has 0 bridgehead atoms. The first-order valence-electron chi connectivity index (χ1n) is 9.13. The minimum Gasteiger partial charge on any atom is -0.457 e. The van der Waals surface area contributed by atoms with E-state index in [1.165, 1.54) is 6.20 Å². The fourth-order valence-corrected chi connectivity index (χ4v) is 2.88. The van der Waals surface area contributed by atoms with Crippen LogP contribution in [0.15, 0.2) is 97.3 Å². The molecule has 5 heteroatoms. The van der Waals surface area contributed by atoms with Gasteiger partial charge in [-0.05, 0) is 59.7 Å². The van der Waals surface area contributed by atoms with Gasteiger partial charge >= 0.3 is 0 Å². The number of rotatable bonds is 5. The molecule has 1 amide bonds. The Hall–Kier alpha value is -4.12. The number of aromatic nitrogens is 1. The minimum atomic E-state index is -0.256. The molecule has 4 aromatic rings. The molecule has 0 spiro atoms. The van der Waals surface area contributed by atoms with Crippen molar-refractivity contribution < 1.29 is 9.53 Å². The molecular weight excluding hydrogens is 362 g/mol. The van der Waals surface area contributed by atoms with Crippen LogP contribution in [0.1, 0.15) is 10.4 Å².